The van der Waals surface area contributed by atoms with Crippen molar-refractivity contribution in [2.24, 2.45) is 10.9 Å². The first-order chi connectivity index (χ1) is 10.1. The van der Waals surface area contributed by atoms with Crippen LogP contribution in [-0.2, 0) is 6.54 Å². The molecule has 4 N–H and O–H groups in total. The summed E-state index contributed by atoms with van der Waals surface area (Å²) in [5.41, 5.74) is 9.96. The van der Waals surface area contributed by atoms with Crippen LogP contribution in [0.25, 0.3) is 0 Å². The van der Waals surface area contributed by atoms with Crippen molar-refractivity contribution >= 4 is 5.84 Å². The number of oxime groups is 1. The second-order valence-electron chi connectivity index (χ2n) is 5.16. The summed E-state index contributed by atoms with van der Waals surface area (Å²) < 4.78 is 0. The molecule has 1 atom stereocenters. The topological polar surface area (TPSA) is 70.6 Å². The van der Waals surface area contributed by atoms with Gasteiger partial charge >= 0.3 is 0 Å². The van der Waals surface area contributed by atoms with Crippen LogP contribution in [0.5, 0.6) is 0 Å². The number of hydrogen-bond acceptors (Lipinski definition) is 3. The molecular formula is C17H21N3O. The summed E-state index contributed by atoms with van der Waals surface area (Å²) in [6.07, 6.45) is 0. The van der Waals surface area contributed by atoms with Gasteiger partial charge < -0.3 is 16.3 Å². The maximum absolute atomic E-state index is 8.84. The molecule has 0 amide bonds. The van der Waals surface area contributed by atoms with Crippen LogP contribution >= 0.6 is 0 Å². The van der Waals surface area contributed by atoms with Gasteiger partial charge in [0, 0.05) is 18.2 Å². The van der Waals surface area contributed by atoms with Gasteiger partial charge in [-0.25, -0.2) is 0 Å². The number of benzene rings is 2. The predicted octanol–water partition coefficient (Wildman–Crippen LogP) is 2.94. The quantitative estimate of drug-likeness (QED) is 0.342. The summed E-state index contributed by atoms with van der Waals surface area (Å²) in [5, 5.41) is 15.4. The predicted molar refractivity (Wildman–Crippen MR) is 85.4 cm³/mol. The van der Waals surface area contributed by atoms with Crippen molar-refractivity contribution in [2.45, 2.75) is 26.4 Å². The highest BCUT2D eigenvalue weighted by atomic mass is 16.4. The summed E-state index contributed by atoms with van der Waals surface area (Å²) in [5.74, 6) is 0.135. The second-order valence-corrected chi connectivity index (χ2v) is 5.16. The summed E-state index contributed by atoms with van der Waals surface area (Å²) in [4.78, 5) is 0. The third-order valence-electron chi connectivity index (χ3n) is 3.54. The van der Waals surface area contributed by atoms with Crippen molar-refractivity contribution in [3.05, 3.63) is 70.8 Å². The first-order valence-electron chi connectivity index (χ1n) is 6.97. The fourth-order valence-electron chi connectivity index (χ4n) is 2.30. The van der Waals surface area contributed by atoms with Gasteiger partial charge in [0.15, 0.2) is 5.84 Å². The largest absolute Gasteiger partial charge is 0.409 e. The van der Waals surface area contributed by atoms with Crippen LogP contribution in [0.1, 0.15) is 35.2 Å². The highest BCUT2D eigenvalue weighted by Gasteiger charge is 2.09. The van der Waals surface area contributed by atoms with Gasteiger partial charge in [0.2, 0.25) is 0 Å². The van der Waals surface area contributed by atoms with Crippen LogP contribution in [0.4, 0.5) is 0 Å². The van der Waals surface area contributed by atoms with Crippen LogP contribution in [0.2, 0.25) is 0 Å². The van der Waals surface area contributed by atoms with Crippen LogP contribution in [0.15, 0.2) is 53.7 Å². The van der Waals surface area contributed by atoms with E-state index in [-0.39, 0.29) is 11.9 Å². The van der Waals surface area contributed by atoms with Crippen LogP contribution in [-0.4, -0.2) is 11.0 Å². The third kappa shape index (κ3) is 3.83. The minimum atomic E-state index is 0.135. The zero-order valence-corrected chi connectivity index (χ0v) is 12.4. The van der Waals surface area contributed by atoms with Crippen LogP contribution in [0.3, 0.4) is 0 Å². The zero-order chi connectivity index (χ0) is 15.2. The van der Waals surface area contributed by atoms with Crippen molar-refractivity contribution in [1.82, 2.24) is 5.32 Å². The summed E-state index contributed by atoms with van der Waals surface area (Å²) in [6, 6.07) is 16.3. The molecular weight excluding hydrogens is 262 g/mol. The standard InChI is InChI=1S/C17H21N3O/c1-12-6-5-8-14(10-12)13(2)19-11-15-7-3-4-9-16(15)17(18)20-21/h3-10,13,19,21H,11H2,1-2H3,(H2,18,20)/t13-/m0/s1. The van der Waals surface area contributed by atoms with Gasteiger partial charge in [0.25, 0.3) is 0 Å². The smallest absolute Gasteiger partial charge is 0.170 e. The fourth-order valence-corrected chi connectivity index (χ4v) is 2.30. The minimum Gasteiger partial charge on any atom is -0.409 e. The SMILES string of the molecule is Cc1cccc([C@H](C)NCc2ccccc2/C(N)=N/O)c1. The Kier molecular flexibility index (Phi) is 4.95. The number of nitrogens with zero attached hydrogens (tertiary/aromatic N) is 1. The maximum atomic E-state index is 8.84. The zero-order valence-electron chi connectivity index (χ0n) is 12.4. The fraction of sp³-hybridized carbons (Fsp3) is 0.235. The summed E-state index contributed by atoms with van der Waals surface area (Å²) >= 11 is 0. The Hall–Kier alpha value is -2.33. The number of amidine groups is 1. The van der Waals surface area contributed by atoms with E-state index in [1.165, 1.54) is 11.1 Å². The highest BCUT2D eigenvalue weighted by molar-refractivity contribution is 5.98. The van der Waals surface area contributed by atoms with E-state index in [0.717, 1.165) is 11.1 Å². The first kappa shape index (κ1) is 15.1. The Morgan fingerprint density at radius 2 is 2.00 bits per heavy atom. The molecule has 4 nitrogen and oxygen atoms in total. The number of hydrogen-bond donors (Lipinski definition) is 3. The molecule has 0 bridgehead atoms. The summed E-state index contributed by atoms with van der Waals surface area (Å²) in [7, 11) is 0. The molecule has 2 aromatic rings. The lowest BCUT2D eigenvalue weighted by molar-refractivity contribution is 0.318. The molecule has 2 aromatic carbocycles. The molecule has 0 aromatic heterocycles. The van der Waals surface area contributed by atoms with Crippen LogP contribution < -0.4 is 11.1 Å². The average molecular weight is 283 g/mol. The van der Waals surface area contributed by atoms with Crippen molar-refractivity contribution < 1.29 is 5.21 Å². The molecule has 0 heterocycles. The van der Waals surface area contributed by atoms with Gasteiger partial charge in [-0.05, 0) is 25.0 Å². The Bertz CT molecular complexity index is 637. The van der Waals surface area contributed by atoms with Crippen LogP contribution in [0, 0.1) is 6.92 Å². The van der Waals surface area contributed by atoms with Gasteiger partial charge in [0.1, 0.15) is 0 Å². The Morgan fingerprint density at radius 1 is 1.24 bits per heavy atom. The van der Waals surface area contributed by atoms with Crippen molar-refractivity contribution in [1.29, 1.82) is 0 Å². The van der Waals surface area contributed by atoms with Gasteiger partial charge in [-0.3, -0.25) is 0 Å². The second kappa shape index (κ2) is 6.90. The van der Waals surface area contributed by atoms with E-state index in [4.69, 9.17) is 10.9 Å². The number of rotatable bonds is 5. The average Bonchev–Trinajstić information content (AvgIpc) is 2.52. The monoisotopic (exact) mass is 283 g/mol. The molecule has 0 unspecified atom stereocenters. The molecule has 0 aliphatic carbocycles. The van der Waals surface area contributed by atoms with Gasteiger partial charge in [-0.2, -0.15) is 0 Å². The number of nitrogens with one attached hydrogen (secondary N) is 1. The molecule has 0 aliphatic rings. The third-order valence-corrected chi connectivity index (χ3v) is 3.54. The molecule has 0 radical (unpaired) electrons. The van der Waals surface area contributed by atoms with E-state index >= 15 is 0 Å². The molecule has 110 valence electrons. The lowest BCUT2D eigenvalue weighted by Crippen LogP contribution is -2.22. The molecule has 0 spiro atoms. The Labute approximate surface area is 125 Å². The molecule has 0 fully saturated rings. The van der Waals surface area contributed by atoms with E-state index < -0.39 is 0 Å². The first-order valence-corrected chi connectivity index (χ1v) is 6.97. The molecule has 21 heavy (non-hydrogen) atoms. The van der Waals surface area contributed by atoms with E-state index in [1.54, 1.807) is 0 Å². The van der Waals surface area contributed by atoms with Gasteiger partial charge in [-0.1, -0.05) is 59.3 Å². The molecule has 0 saturated carbocycles. The summed E-state index contributed by atoms with van der Waals surface area (Å²) in [6.45, 7) is 4.87. The van der Waals surface area contributed by atoms with E-state index in [2.05, 4.69) is 48.6 Å². The molecule has 0 saturated heterocycles. The van der Waals surface area contributed by atoms with E-state index in [1.807, 2.05) is 24.3 Å². The van der Waals surface area contributed by atoms with Crippen molar-refractivity contribution in [3.8, 4) is 0 Å². The highest BCUT2D eigenvalue weighted by Crippen LogP contribution is 2.15. The lowest BCUT2D eigenvalue weighted by atomic mass is 10.0. The molecule has 2 rings (SSSR count). The number of aryl methyl sites for hydroxylation is 1. The minimum absolute atomic E-state index is 0.135. The number of nitrogens with two attached hydrogens (primary N) is 1. The molecule has 4 heteroatoms. The van der Waals surface area contributed by atoms with Crippen molar-refractivity contribution in [2.75, 3.05) is 0 Å². The van der Waals surface area contributed by atoms with Crippen molar-refractivity contribution in [3.63, 3.8) is 0 Å². The van der Waals surface area contributed by atoms with Gasteiger partial charge in [-0.15, -0.1) is 0 Å². The van der Waals surface area contributed by atoms with E-state index in [0.29, 0.717) is 6.54 Å². The van der Waals surface area contributed by atoms with Gasteiger partial charge in [0.05, 0.1) is 0 Å². The maximum Gasteiger partial charge on any atom is 0.170 e. The normalized spacial score (nSPS) is 13.1. The lowest BCUT2D eigenvalue weighted by Gasteiger charge is -2.16. The van der Waals surface area contributed by atoms with E-state index in [9.17, 15) is 0 Å². The Morgan fingerprint density at radius 3 is 2.71 bits per heavy atom. The Balaban J connectivity index is 2.10. The molecule has 0 aliphatic heterocycles.